The van der Waals surface area contributed by atoms with Gasteiger partial charge >= 0.3 is 11.5 Å². The number of anilines is 1. The molecule has 29 heavy (non-hydrogen) atoms. The summed E-state index contributed by atoms with van der Waals surface area (Å²) in [5.41, 5.74) is -3.85. The average molecular weight is 423 g/mol. The largest absolute Gasteiger partial charge is 0.446 e. The molecule has 0 atom stereocenters. The van der Waals surface area contributed by atoms with Crippen LogP contribution in [0.15, 0.2) is 47.6 Å². The number of aromatic nitrogens is 1. The number of pyridine rings is 1. The molecule has 3 amide bonds. The number of benzene rings is 1. The van der Waals surface area contributed by atoms with Gasteiger partial charge in [0, 0.05) is 29.4 Å². The van der Waals surface area contributed by atoms with E-state index in [-0.39, 0.29) is 41.4 Å². The number of urea groups is 1. The third kappa shape index (κ3) is 3.58. The van der Waals surface area contributed by atoms with Crippen LogP contribution in [0.5, 0.6) is 0 Å². The van der Waals surface area contributed by atoms with Gasteiger partial charge in [-0.25, -0.2) is 9.69 Å². The predicted molar refractivity (Wildman–Crippen MR) is 98.9 cm³/mol. The standard InChI is InChI=1S/C19H16F3N3O3S/c20-19(21,22)29-15-3-1-14(2-4-15)25-16(27)18(6-7-18)24(17(25)28)10-12-5-8-23-9-13(12)11-26/h1-5,8-9,26H,6-7,10-11H2. The van der Waals surface area contributed by atoms with Crippen molar-refractivity contribution in [2.45, 2.75) is 41.9 Å². The van der Waals surface area contributed by atoms with Crippen LogP contribution < -0.4 is 4.90 Å². The Morgan fingerprint density at radius 2 is 1.79 bits per heavy atom. The number of thioether (sulfide) groups is 1. The quantitative estimate of drug-likeness (QED) is 0.587. The zero-order valence-electron chi connectivity index (χ0n) is 15.0. The Labute approximate surface area is 168 Å². The Morgan fingerprint density at radius 1 is 1.10 bits per heavy atom. The number of aliphatic hydroxyl groups excluding tert-OH is 1. The number of rotatable bonds is 5. The molecule has 1 saturated heterocycles. The fraction of sp³-hybridized carbons (Fsp3) is 0.316. The molecular formula is C19H16F3N3O3S. The molecule has 1 N–H and O–H groups in total. The molecular weight excluding hydrogens is 407 g/mol. The van der Waals surface area contributed by atoms with Crippen LogP contribution in [0.4, 0.5) is 23.7 Å². The number of carbonyl (C=O) groups is 2. The van der Waals surface area contributed by atoms with E-state index in [2.05, 4.69) is 4.98 Å². The van der Waals surface area contributed by atoms with Crippen LogP contribution in [-0.4, -0.2) is 38.0 Å². The van der Waals surface area contributed by atoms with Crippen LogP contribution in [0.1, 0.15) is 24.0 Å². The number of imide groups is 1. The Kier molecular flexibility index (Phi) is 4.78. The summed E-state index contributed by atoms with van der Waals surface area (Å²) in [6.07, 6.45) is 4.10. The highest BCUT2D eigenvalue weighted by molar-refractivity contribution is 8.00. The lowest BCUT2D eigenvalue weighted by atomic mass is 10.1. The van der Waals surface area contributed by atoms with Crippen LogP contribution >= 0.6 is 11.8 Å². The summed E-state index contributed by atoms with van der Waals surface area (Å²) in [4.78, 5) is 32.5. The molecule has 0 radical (unpaired) electrons. The van der Waals surface area contributed by atoms with Gasteiger partial charge < -0.3 is 10.0 Å². The van der Waals surface area contributed by atoms with Crippen molar-refractivity contribution < 1.29 is 27.9 Å². The molecule has 2 fully saturated rings. The van der Waals surface area contributed by atoms with E-state index in [4.69, 9.17) is 0 Å². The van der Waals surface area contributed by atoms with Crippen molar-refractivity contribution in [3.05, 3.63) is 53.9 Å². The van der Waals surface area contributed by atoms with Gasteiger partial charge in [0.25, 0.3) is 5.91 Å². The number of carbonyl (C=O) groups excluding carboxylic acids is 2. The Balaban J connectivity index is 1.60. The monoisotopic (exact) mass is 423 g/mol. The van der Waals surface area contributed by atoms with Gasteiger partial charge in [0.2, 0.25) is 0 Å². The molecule has 2 aromatic rings. The van der Waals surface area contributed by atoms with Crippen LogP contribution in [-0.2, 0) is 17.9 Å². The molecule has 1 aliphatic heterocycles. The van der Waals surface area contributed by atoms with E-state index in [9.17, 15) is 27.9 Å². The Morgan fingerprint density at radius 3 is 2.38 bits per heavy atom. The van der Waals surface area contributed by atoms with Crippen molar-refractivity contribution in [3.63, 3.8) is 0 Å². The first-order valence-corrected chi connectivity index (χ1v) is 9.61. The summed E-state index contributed by atoms with van der Waals surface area (Å²) in [5, 5.41) is 9.49. The van der Waals surface area contributed by atoms with Gasteiger partial charge in [0.15, 0.2) is 0 Å². The van der Waals surface area contributed by atoms with E-state index in [0.29, 0.717) is 24.0 Å². The van der Waals surface area contributed by atoms with Crippen molar-refractivity contribution in [2.75, 3.05) is 4.90 Å². The number of amides is 3. The smallest absolute Gasteiger partial charge is 0.392 e. The first-order valence-electron chi connectivity index (χ1n) is 8.80. The number of halogens is 3. The van der Waals surface area contributed by atoms with Gasteiger partial charge in [-0.1, -0.05) is 0 Å². The molecule has 1 saturated carbocycles. The summed E-state index contributed by atoms with van der Waals surface area (Å²) < 4.78 is 37.5. The lowest BCUT2D eigenvalue weighted by molar-refractivity contribution is -0.120. The van der Waals surface area contributed by atoms with Crippen LogP contribution in [0.2, 0.25) is 0 Å². The van der Waals surface area contributed by atoms with Crippen molar-refractivity contribution >= 4 is 29.4 Å². The minimum absolute atomic E-state index is 0.0253. The Hall–Kier alpha value is -2.59. The first-order chi connectivity index (χ1) is 13.7. The zero-order chi connectivity index (χ0) is 20.8. The fourth-order valence-electron chi connectivity index (χ4n) is 3.48. The summed E-state index contributed by atoms with van der Waals surface area (Å²) in [6, 6.07) is 6.32. The minimum Gasteiger partial charge on any atom is -0.392 e. The summed E-state index contributed by atoms with van der Waals surface area (Å²) in [6.45, 7) is -0.101. The first kappa shape index (κ1) is 19.7. The van der Waals surface area contributed by atoms with Gasteiger partial charge in [-0.15, -0.1) is 0 Å². The average Bonchev–Trinajstić information content (AvgIpc) is 3.45. The Bertz CT molecular complexity index is 961. The van der Waals surface area contributed by atoms with Gasteiger partial charge in [-0.2, -0.15) is 13.2 Å². The highest BCUT2D eigenvalue weighted by Crippen LogP contribution is 2.50. The third-order valence-electron chi connectivity index (χ3n) is 5.10. The maximum Gasteiger partial charge on any atom is 0.446 e. The molecule has 1 aromatic carbocycles. The molecule has 0 unspecified atom stereocenters. The molecule has 2 aliphatic rings. The number of hydrogen-bond acceptors (Lipinski definition) is 5. The summed E-state index contributed by atoms with van der Waals surface area (Å²) >= 11 is -0.256. The number of nitrogens with zero attached hydrogens (tertiary/aromatic N) is 3. The lowest BCUT2D eigenvalue weighted by Crippen LogP contribution is -2.36. The fourth-order valence-corrected chi connectivity index (χ4v) is 4.02. The summed E-state index contributed by atoms with van der Waals surface area (Å²) in [5.74, 6) is -0.377. The third-order valence-corrected chi connectivity index (χ3v) is 5.83. The molecule has 1 aliphatic carbocycles. The van der Waals surface area contributed by atoms with Crippen LogP contribution in [0, 0.1) is 0 Å². The molecule has 6 nitrogen and oxygen atoms in total. The highest BCUT2D eigenvalue weighted by Gasteiger charge is 2.65. The molecule has 1 aromatic heterocycles. The molecule has 152 valence electrons. The minimum atomic E-state index is -4.41. The maximum absolute atomic E-state index is 13.1. The molecule has 10 heteroatoms. The molecule has 1 spiro atoms. The second-order valence-corrected chi connectivity index (χ2v) is 8.02. The van der Waals surface area contributed by atoms with Crippen LogP contribution in [0.3, 0.4) is 0 Å². The van der Waals surface area contributed by atoms with E-state index in [1.54, 1.807) is 12.3 Å². The van der Waals surface area contributed by atoms with Gasteiger partial charge in [0.1, 0.15) is 5.54 Å². The van der Waals surface area contributed by atoms with E-state index in [1.807, 2.05) is 0 Å². The lowest BCUT2D eigenvalue weighted by Gasteiger charge is -2.22. The SMILES string of the molecule is O=C1N(c2ccc(SC(F)(F)F)cc2)C(=O)C2(CC2)N1Cc1ccncc1CO. The predicted octanol–water partition coefficient (Wildman–Crippen LogP) is 3.69. The van der Waals surface area contributed by atoms with Crippen molar-refractivity contribution in [3.8, 4) is 0 Å². The van der Waals surface area contributed by atoms with E-state index in [0.717, 1.165) is 4.90 Å². The van der Waals surface area contributed by atoms with Gasteiger partial charge in [-0.3, -0.25) is 9.78 Å². The van der Waals surface area contributed by atoms with Crippen molar-refractivity contribution in [2.24, 2.45) is 0 Å². The normalized spacial score (nSPS) is 18.1. The van der Waals surface area contributed by atoms with Crippen molar-refractivity contribution in [1.82, 2.24) is 9.88 Å². The highest BCUT2D eigenvalue weighted by atomic mass is 32.2. The van der Waals surface area contributed by atoms with Gasteiger partial charge in [0.05, 0.1) is 12.3 Å². The van der Waals surface area contributed by atoms with E-state index >= 15 is 0 Å². The van der Waals surface area contributed by atoms with E-state index < -0.39 is 17.1 Å². The van der Waals surface area contributed by atoms with E-state index in [1.165, 1.54) is 35.4 Å². The second kappa shape index (κ2) is 7.03. The van der Waals surface area contributed by atoms with Crippen LogP contribution in [0.25, 0.3) is 0 Å². The molecule has 2 heterocycles. The van der Waals surface area contributed by atoms with Crippen molar-refractivity contribution in [1.29, 1.82) is 0 Å². The topological polar surface area (TPSA) is 73.7 Å². The number of aliphatic hydroxyl groups is 1. The maximum atomic E-state index is 13.1. The second-order valence-electron chi connectivity index (χ2n) is 6.89. The molecule has 4 rings (SSSR count). The number of hydrogen-bond donors (Lipinski definition) is 1. The molecule has 0 bridgehead atoms. The summed E-state index contributed by atoms with van der Waals surface area (Å²) in [7, 11) is 0. The zero-order valence-corrected chi connectivity index (χ0v) is 15.8. The van der Waals surface area contributed by atoms with Gasteiger partial charge in [-0.05, 0) is 60.5 Å². The number of alkyl halides is 3.